The Balaban J connectivity index is 1.23. The van der Waals surface area contributed by atoms with E-state index >= 15 is 0 Å². The van der Waals surface area contributed by atoms with Crippen molar-refractivity contribution < 1.29 is 4.79 Å². The largest absolute Gasteiger partial charge is 0.329 e. The number of nitrogens with zero attached hydrogens (tertiary/aromatic N) is 4. The molecule has 2 aliphatic carbocycles. The number of aromatic nitrogens is 5. The van der Waals surface area contributed by atoms with Gasteiger partial charge in [0.2, 0.25) is 17.4 Å². The van der Waals surface area contributed by atoms with E-state index in [4.69, 9.17) is 9.97 Å². The van der Waals surface area contributed by atoms with Gasteiger partial charge in [-0.05, 0) is 51.0 Å². The number of pyridine rings is 1. The van der Waals surface area contributed by atoms with E-state index in [2.05, 4.69) is 31.9 Å². The Morgan fingerprint density at radius 1 is 1.03 bits per heavy atom. The van der Waals surface area contributed by atoms with Crippen LogP contribution in [-0.4, -0.2) is 43.6 Å². The lowest BCUT2D eigenvalue weighted by molar-refractivity contribution is -0.117. The number of hydrogen-bond acceptors (Lipinski definition) is 7. The van der Waals surface area contributed by atoms with Crippen LogP contribution < -0.4 is 21.1 Å². The van der Waals surface area contributed by atoms with Crippen molar-refractivity contribution in [2.75, 3.05) is 22.1 Å². The van der Waals surface area contributed by atoms with Crippen LogP contribution in [0.4, 0.5) is 23.3 Å². The second kappa shape index (κ2) is 9.75. The number of aryl methyl sites for hydroxylation is 1. The van der Waals surface area contributed by atoms with Crippen molar-refractivity contribution >= 4 is 29.2 Å². The lowest BCUT2D eigenvalue weighted by Crippen LogP contribution is -2.40. The smallest absolute Gasteiger partial charge is 0.248 e. The summed E-state index contributed by atoms with van der Waals surface area (Å²) in [7, 11) is 0. The Morgan fingerprint density at radius 2 is 1.92 bits per heavy atom. The SMILES string of the molecule is O=C(Nc1ccc(=O)[nH]c1)[C@@H]1CCCN1c1nc2c(c(Nc3cc(C4CCCCC4)[nH]n3)n1)CCC2. The minimum atomic E-state index is -0.368. The number of aromatic amines is 2. The van der Waals surface area contributed by atoms with Crippen molar-refractivity contribution in [3.05, 3.63) is 51.7 Å². The fraction of sp³-hybridized carbons (Fsp3) is 0.500. The van der Waals surface area contributed by atoms with Crippen LogP contribution in [-0.2, 0) is 17.6 Å². The van der Waals surface area contributed by atoms with Gasteiger partial charge in [-0.15, -0.1) is 0 Å². The van der Waals surface area contributed by atoms with E-state index in [1.807, 2.05) is 4.90 Å². The first-order valence-electron chi connectivity index (χ1n) is 13.1. The summed E-state index contributed by atoms with van der Waals surface area (Å²) >= 11 is 0. The first-order valence-corrected chi connectivity index (χ1v) is 13.1. The molecule has 6 rings (SSSR count). The highest BCUT2D eigenvalue weighted by Crippen LogP contribution is 2.35. The minimum Gasteiger partial charge on any atom is -0.329 e. The van der Waals surface area contributed by atoms with Gasteiger partial charge in [-0.2, -0.15) is 10.1 Å². The summed E-state index contributed by atoms with van der Waals surface area (Å²) in [5, 5.41) is 14.2. The molecule has 1 aliphatic heterocycles. The van der Waals surface area contributed by atoms with Gasteiger partial charge >= 0.3 is 0 Å². The maximum atomic E-state index is 13.1. The number of amides is 1. The fourth-order valence-electron chi connectivity index (χ4n) is 5.79. The van der Waals surface area contributed by atoms with Crippen molar-refractivity contribution in [1.29, 1.82) is 0 Å². The van der Waals surface area contributed by atoms with E-state index in [0.717, 1.165) is 61.5 Å². The third-order valence-electron chi connectivity index (χ3n) is 7.67. The zero-order chi connectivity index (χ0) is 24.5. The molecule has 188 valence electrons. The van der Waals surface area contributed by atoms with Crippen LogP contribution >= 0.6 is 0 Å². The van der Waals surface area contributed by atoms with Gasteiger partial charge in [0.25, 0.3) is 0 Å². The number of H-pyrrole nitrogens is 2. The number of nitrogens with one attached hydrogen (secondary N) is 4. The molecule has 1 saturated carbocycles. The molecule has 10 heteroatoms. The standard InChI is InChI=1S/C26H32N8O2/c35-23-12-11-17(15-27-23)28-25(36)21-10-5-13-34(21)26-29-19-9-4-8-18(19)24(31-26)30-22-14-20(32-33-22)16-6-2-1-3-7-16/h11-12,14-16,21H,1-10,13H2,(H,27,35)(H,28,36)(H2,29,30,31,32,33)/t21-/m0/s1. The molecule has 0 radical (unpaired) electrons. The third kappa shape index (κ3) is 4.59. The number of carbonyl (C=O) groups excluding carboxylic acids is 1. The fourth-order valence-corrected chi connectivity index (χ4v) is 5.79. The number of carbonyl (C=O) groups is 1. The first kappa shape index (κ1) is 22.8. The average Bonchev–Trinajstić information content (AvgIpc) is 3.66. The second-order valence-electron chi connectivity index (χ2n) is 10.1. The Hall–Kier alpha value is -3.69. The highest BCUT2D eigenvalue weighted by molar-refractivity contribution is 5.96. The third-order valence-corrected chi connectivity index (χ3v) is 7.67. The summed E-state index contributed by atoms with van der Waals surface area (Å²) in [5.41, 5.74) is 3.76. The molecule has 2 fully saturated rings. The van der Waals surface area contributed by atoms with E-state index in [1.165, 1.54) is 50.1 Å². The van der Waals surface area contributed by atoms with Crippen molar-refractivity contribution in [2.24, 2.45) is 0 Å². The molecule has 4 N–H and O–H groups in total. The number of fused-ring (bicyclic) bond motifs is 1. The van der Waals surface area contributed by atoms with Crippen LogP contribution in [0.2, 0.25) is 0 Å². The summed E-state index contributed by atoms with van der Waals surface area (Å²) < 4.78 is 0. The monoisotopic (exact) mass is 488 g/mol. The highest BCUT2D eigenvalue weighted by atomic mass is 16.2. The molecule has 36 heavy (non-hydrogen) atoms. The van der Waals surface area contributed by atoms with Crippen molar-refractivity contribution in [1.82, 2.24) is 25.1 Å². The van der Waals surface area contributed by atoms with E-state index in [0.29, 0.717) is 17.6 Å². The Labute approximate surface area is 209 Å². The van der Waals surface area contributed by atoms with Gasteiger partial charge in [-0.25, -0.2) is 4.98 Å². The van der Waals surface area contributed by atoms with Gasteiger partial charge in [0, 0.05) is 42.0 Å². The molecule has 0 aromatic carbocycles. The molecule has 4 heterocycles. The molecule has 10 nitrogen and oxygen atoms in total. The molecule has 1 atom stereocenters. The second-order valence-corrected chi connectivity index (χ2v) is 10.1. The zero-order valence-corrected chi connectivity index (χ0v) is 20.3. The quantitative estimate of drug-likeness (QED) is 0.415. The highest BCUT2D eigenvalue weighted by Gasteiger charge is 2.34. The Kier molecular flexibility index (Phi) is 6.16. The van der Waals surface area contributed by atoms with Crippen LogP contribution in [0.5, 0.6) is 0 Å². The van der Waals surface area contributed by atoms with Crippen LogP contribution in [0.1, 0.15) is 74.2 Å². The normalized spacial score (nSPS) is 19.9. The molecule has 0 spiro atoms. The lowest BCUT2D eigenvalue weighted by atomic mass is 9.87. The summed E-state index contributed by atoms with van der Waals surface area (Å²) in [6.45, 7) is 0.718. The Bertz CT molecular complexity index is 1290. The van der Waals surface area contributed by atoms with Gasteiger partial charge in [-0.3, -0.25) is 14.7 Å². The van der Waals surface area contributed by atoms with Crippen molar-refractivity contribution in [3.63, 3.8) is 0 Å². The summed E-state index contributed by atoms with van der Waals surface area (Å²) in [6.07, 6.45) is 12.3. The van der Waals surface area contributed by atoms with E-state index < -0.39 is 0 Å². The van der Waals surface area contributed by atoms with Gasteiger partial charge in [0.05, 0.1) is 11.4 Å². The Morgan fingerprint density at radius 3 is 2.75 bits per heavy atom. The van der Waals surface area contributed by atoms with Gasteiger partial charge in [-0.1, -0.05) is 19.3 Å². The van der Waals surface area contributed by atoms with Crippen molar-refractivity contribution in [2.45, 2.75) is 76.2 Å². The van der Waals surface area contributed by atoms with E-state index in [9.17, 15) is 9.59 Å². The molecular weight excluding hydrogens is 456 g/mol. The molecule has 0 unspecified atom stereocenters. The maximum absolute atomic E-state index is 13.1. The number of hydrogen-bond donors (Lipinski definition) is 4. The zero-order valence-electron chi connectivity index (χ0n) is 20.3. The minimum absolute atomic E-state index is 0.123. The molecule has 3 aliphatic rings. The molecule has 3 aromatic heterocycles. The van der Waals surface area contributed by atoms with Crippen LogP contribution in [0.3, 0.4) is 0 Å². The molecular formula is C26H32N8O2. The van der Waals surface area contributed by atoms with Gasteiger partial charge in [0.1, 0.15) is 11.9 Å². The van der Waals surface area contributed by atoms with Gasteiger partial charge < -0.3 is 20.5 Å². The predicted octanol–water partition coefficient (Wildman–Crippen LogP) is 3.78. The van der Waals surface area contributed by atoms with E-state index in [1.54, 1.807) is 6.07 Å². The van der Waals surface area contributed by atoms with Crippen molar-refractivity contribution in [3.8, 4) is 0 Å². The molecule has 0 bridgehead atoms. The maximum Gasteiger partial charge on any atom is 0.248 e. The van der Waals surface area contributed by atoms with Crippen LogP contribution in [0.25, 0.3) is 0 Å². The topological polar surface area (TPSA) is 132 Å². The van der Waals surface area contributed by atoms with E-state index in [-0.39, 0.29) is 17.5 Å². The van der Waals surface area contributed by atoms with Crippen LogP contribution in [0.15, 0.2) is 29.2 Å². The number of anilines is 4. The predicted molar refractivity (Wildman–Crippen MR) is 138 cm³/mol. The summed E-state index contributed by atoms with van der Waals surface area (Å²) in [6, 6.07) is 4.76. The number of rotatable bonds is 6. The summed E-state index contributed by atoms with van der Waals surface area (Å²) in [4.78, 5) is 38.9. The van der Waals surface area contributed by atoms with Gasteiger partial charge in [0.15, 0.2) is 5.82 Å². The summed E-state index contributed by atoms with van der Waals surface area (Å²) in [5.74, 6) is 2.59. The first-order chi connectivity index (χ1) is 17.6. The lowest BCUT2D eigenvalue weighted by Gasteiger charge is -2.25. The van der Waals surface area contributed by atoms with Crippen LogP contribution in [0, 0.1) is 0 Å². The average molecular weight is 489 g/mol. The molecule has 3 aromatic rings. The molecule has 1 amide bonds. The molecule has 1 saturated heterocycles.